The molecule has 0 saturated carbocycles. The van der Waals surface area contributed by atoms with Gasteiger partial charge in [0, 0.05) is 10.0 Å². The average Bonchev–Trinajstić information content (AvgIpc) is 2.54. The molecule has 0 spiro atoms. The number of benzene rings is 1. The number of hydrogen-bond acceptors (Lipinski definition) is 4. The predicted molar refractivity (Wildman–Crippen MR) is 59.1 cm³/mol. The molecule has 6 heteroatoms. The second-order valence-electron chi connectivity index (χ2n) is 3.30. The fourth-order valence-corrected chi connectivity index (χ4v) is 2.06. The number of hydrogen-bond donors (Lipinski definition) is 2. The summed E-state index contributed by atoms with van der Waals surface area (Å²) in [5, 5.41) is 12.0. The molecule has 1 atom stereocenters. The molecule has 1 heterocycles. The number of carbonyl (C=O) groups is 2. The van der Waals surface area contributed by atoms with E-state index in [9.17, 15) is 14.7 Å². The number of nitrogens with one attached hydrogen (secondary N) is 1. The number of aliphatic hydroxyl groups excluding tert-OH is 1. The number of ether oxygens (including phenoxy) is 1. The van der Waals surface area contributed by atoms with Gasteiger partial charge in [-0.1, -0.05) is 15.9 Å². The number of anilines is 1. The van der Waals surface area contributed by atoms with Gasteiger partial charge in [-0.3, -0.25) is 4.79 Å². The molecular formula is C10H8BrNO4. The Morgan fingerprint density at radius 3 is 2.88 bits per heavy atom. The SMILES string of the molecule is COC(=O)c1cc(Br)cc2c1NC(=O)[C@@H]2O. The van der Waals surface area contributed by atoms with Crippen LogP contribution in [0.4, 0.5) is 5.69 Å². The molecular weight excluding hydrogens is 278 g/mol. The zero-order valence-electron chi connectivity index (χ0n) is 8.28. The summed E-state index contributed by atoms with van der Waals surface area (Å²) in [6.07, 6.45) is -1.24. The smallest absolute Gasteiger partial charge is 0.340 e. The summed E-state index contributed by atoms with van der Waals surface area (Å²) >= 11 is 3.20. The zero-order valence-corrected chi connectivity index (χ0v) is 9.87. The Bertz CT molecular complexity index is 486. The van der Waals surface area contributed by atoms with Crippen LogP contribution >= 0.6 is 15.9 Å². The van der Waals surface area contributed by atoms with Gasteiger partial charge in [-0.25, -0.2) is 4.79 Å². The molecule has 5 nitrogen and oxygen atoms in total. The van der Waals surface area contributed by atoms with Gasteiger partial charge in [0.25, 0.3) is 5.91 Å². The molecule has 0 bridgehead atoms. The maximum Gasteiger partial charge on any atom is 0.340 e. The van der Waals surface area contributed by atoms with Crippen LogP contribution in [0.3, 0.4) is 0 Å². The normalized spacial score (nSPS) is 17.9. The fraction of sp³-hybridized carbons (Fsp3) is 0.200. The molecule has 2 N–H and O–H groups in total. The van der Waals surface area contributed by atoms with E-state index < -0.39 is 18.0 Å². The highest BCUT2D eigenvalue weighted by Gasteiger charge is 2.32. The van der Waals surface area contributed by atoms with Crippen LogP contribution in [0.1, 0.15) is 22.0 Å². The Labute approximate surface area is 99.5 Å². The van der Waals surface area contributed by atoms with Crippen molar-refractivity contribution in [3.63, 3.8) is 0 Å². The Hall–Kier alpha value is -1.40. The van der Waals surface area contributed by atoms with Gasteiger partial charge in [0.05, 0.1) is 18.4 Å². The Morgan fingerprint density at radius 2 is 2.25 bits per heavy atom. The number of carbonyl (C=O) groups excluding carboxylic acids is 2. The van der Waals surface area contributed by atoms with Crippen molar-refractivity contribution in [2.75, 3.05) is 12.4 Å². The third-order valence-corrected chi connectivity index (χ3v) is 2.79. The van der Waals surface area contributed by atoms with Gasteiger partial charge in [0.15, 0.2) is 6.10 Å². The van der Waals surface area contributed by atoms with Crippen LogP contribution in [0, 0.1) is 0 Å². The largest absolute Gasteiger partial charge is 0.465 e. The van der Waals surface area contributed by atoms with E-state index in [4.69, 9.17) is 0 Å². The van der Waals surface area contributed by atoms with Crippen LogP contribution in [0.25, 0.3) is 0 Å². The van der Waals surface area contributed by atoms with Crippen LogP contribution in [0.15, 0.2) is 16.6 Å². The topological polar surface area (TPSA) is 75.6 Å². The number of esters is 1. The molecule has 2 rings (SSSR count). The van der Waals surface area contributed by atoms with E-state index in [0.29, 0.717) is 15.7 Å². The molecule has 1 aliphatic heterocycles. The van der Waals surface area contributed by atoms with Crippen LogP contribution < -0.4 is 5.32 Å². The molecule has 1 aromatic carbocycles. The van der Waals surface area contributed by atoms with Gasteiger partial charge >= 0.3 is 5.97 Å². The van der Waals surface area contributed by atoms with Gasteiger partial charge in [0.2, 0.25) is 0 Å². The molecule has 16 heavy (non-hydrogen) atoms. The van der Waals surface area contributed by atoms with E-state index in [1.54, 1.807) is 6.07 Å². The molecule has 1 aliphatic rings. The van der Waals surface area contributed by atoms with Crippen molar-refractivity contribution in [3.8, 4) is 0 Å². The van der Waals surface area contributed by atoms with Crippen molar-refractivity contribution < 1.29 is 19.4 Å². The predicted octanol–water partition coefficient (Wildman–Crippen LogP) is 1.22. The van der Waals surface area contributed by atoms with Crippen molar-refractivity contribution >= 4 is 33.5 Å². The minimum absolute atomic E-state index is 0.219. The Balaban J connectivity index is 2.61. The van der Waals surface area contributed by atoms with E-state index in [0.717, 1.165) is 0 Å². The first-order chi connectivity index (χ1) is 7.54. The summed E-state index contributed by atoms with van der Waals surface area (Å²) < 4.78 is 5.19. The lowest BCUT2D eigenvalue weighted by molar-refractivity contribution is -0.123. The fourth-order valence-electron chi connectivity index (χ4n) is 1.59. The maximum absolute atomic E-state index is 11.5. The van der Waals surface area contributed by atoms with E-state index in [-0.39, 0.29) is 5.56 Å². The summed E-state index contributed by atoms with van der Waals surface area (Å²) in [7, 11) is 1.25. The third kappa shape index (κ3) is 1.60. The summed E-state index contributed by atoms with van der Waals surface area (Å²) in [6.45, 7) is 0. The molecule has 0 aliphatic carbocycles. The lowest BCUT2D eigenvalue weighted by Crippen LogP contribution is -2.11. The molecule has 0 unspecified atom stereocenters. The average molecular weight is 286 g/mol. The van der Waals surface area contributed by atoms with E-state index in [1.807, 2.05) is 0 Å². The molecule has 0 aromatic heterocycles. The Kier molecular flexibility index (Phi) is 2.69. The lowest BCUT2D eigenvalue weighted by atomic mass is 10.1. The number of halogens is 1. The summed E-state index contributed by atoms with van der Waals surface area (Å²) in [5.41, 5.74) is 0.907. The van der Waals surface area contributed by atoms with Crippen LogP contribution in [-0.4, -0.2) is 24.1 Å². The van der Waals surface area contributed by atoms with Crippen molar-refractivity contribution in [1.29, 1.82) is 0 Å². The number of amides is 1. The second-order valence-corrected chi connectivity index (χ2v) is 4.22. The highest BCUT2D eigenvalue weighted by molar-refractivity contribution is 9.10. The second kappa shape index (κ2) is 3.88. The number of fused-ring (bicyclic) bond motifs is 1. The van der Waals surface area contributed by atoms with Crippen molar-refractivity contribution in [2.24, 2.45) is 0 Å². The molecule has 0 saturated heterocycles. The zero-order chi connectivity index (χ0) is 11.9. The molecule has 1 amide bonds. The highest BCUT2D eigenvalue weighted by atomic mass is 79.9. The van der Waals surface area contributed by atoms with E-state index in [1.165, 1.54) is 13.2 Å². The molecule has 1 aromatic rings. The quantitative estimate of drug-likeness (QED) is 0.761. The van der Waals surface area contributed by atoms with Crippen molar-refractivity contribution in [1.82, 2.24) is 0 Å². The molecule has 0 radical (unpaired) electrons. The van der Waals surface area contributed by atoms with Gasteiger partial charge in [-0.2, -0.15) is 0 Å². The van der Waals surface area contributed by atoms with Gasteiger partial charge < -0.3 is 15.2 Å². The Morgan fingerprint density at radius 1 is 1.56 bits per heavy atom. The lowest BCUT2D eigenvalue weighted by Gasteiger charge is -2.07. The van der Waals surface area contributed by atoms with Crippen molar-refractivity contribution in [3.05, 3.63) is 27.7 Å². The number of aliphatic hydroxyl groups is 1. The van der Waals surface area contributed by atoms with Crippen LogP contribution in [0.5, 0.6) is 0 Å². The van der Waals surface area contributed by atoms with E-state index in [2.05, 4.69) is 26.0 Å². The van der Waals surface area contributed by atoms with Crippen molar-refractivity contribution in [2.45, 2.75) is 6.10 Å². The minimum atomic E-state index is -1.24. The molecule has 0 fully saturated rings. The third-order valence-electron chi connectivity index (χ3n) is 2.33. The highest BCUT2D eigenvalue weighted by Crippen LogP contribution is 2.36. The first-order valence-corrected chi connectivity index (χ1v) is 5.24. The van der Waals surface area contributed by atoms with Gasteiger partial charge in [-0.05, 0) is 12.1 Å². The number of rotatable bonds is 1. The first kappa shape index (κ1) is 11.1. The van der Waals surface area contributed by atoms with E-state index >= 15 is 0 Å². The van der Waals surface area contributed by atoms with Gasteiger partial charge in [0.1, 0.15) is 0 Å². The first-order valence-electron chi connectivity index (χ1n) is 4.45. The van der Waals surface area contributed by atoms with Crippen LogP contribution in [-0.2, 0) is 9.53 Å². The minimum Gasteiger partial charge on any atom is -0.465 e. The monoisotopic (exact) mass is 285 g/mol. The summed E-state index contributed by atoms with van der Waals surface area (Å²) in [6, 6.07) is 3.12. The summed E-state index contributed by atoms with van der Waals surface area (Å²) in [5.74, 6) is -1.11. The van der Waals surface area contributed by atoms with Gasteiger partial charge in [-0.15, -0.1) is 0 Å². The molecule has 84 valence electrons. The standard InChI is InChI=1S/C10H8BrNO4/c1-16-10(15)6-3-4(11)2-5-7(6)12-9(14)8(5)13/h2-3,8,13H,1H3,(H,12,14)/t8-/m1/s1. The maximum atomic E-state index is 11.5. The number of methoxy groups -OCH3 is 1. The van der Waals surface area contributed by atoms with Crippen LogP contribution in [0.2, 0.25) is 0 Å². The summed E-state index contributed by atoms with van der Waals surface area (Å²) in [4.78, 5) is 22.7.